The summed E-state index contributed by atoms with van der Waals surface area (Å²) in [5.41, 5.74) is 3.68. The van der Waals surface area contributed by atoms with Crippen LogP contribution in [0.3, 0.4) is 0 Å². The SMILES string of the molecule is Oc1cccc(-c2cc(C3(CNCc4ccc(F)c(F)c4)CC3)ccn2)c1. The van der Waals surface area contributed by atoms with Crippen LogP contribution < -0.4 is 5.32 Å². The van der Waals surface area contributed by atoms with E-state index in [0.717, 1.165) is 42.3 Å². The Morgan fingerprint density at radius 2 is 1.85 bits per heavy atom. The molecule has 0 bridgehead atoms. The van der Waals surface area contributed by atoms with E-state index in [0.29, 0.717) is 6.54 Å². The number of aromatic hydroxyl groups is 1. The van der Waals surface area contributed by atoms with Gasteiger partial charge in [-0.25, -0.2) is 8.78 Å². The van der Waals surface area contributed by atoms with E-state index < -0.39 is 11.6 Å². The summed E-state index contributed by atoms with van der Waals surface area (Å²) in [6, 6.07) is 15.1. The van der Waals surface area contributed by atoms with Gasteiger partial charge < -0.3 is 10.4 Å². The number of phenolic OH excluding ortho intramolecular Hbond substituents is 1. The van der Waals surface area contributed by atoms with Crippen molar-refractivity contribution in [3.05, 3.63) is 83.6 Å². The Bertz CT molecular complexity index is 970. The highest BCUT2D eigenvalue weighted by Gasteiger charge is 2.43. The molecule has 2 aromatic carbocycles. The molecule has 0 atom stereocenters. The average Bonchev–Trinajstić information content (AvgIpc) is 3.46. The summed E-state index contributed by atoms with van der Waals surface area (Å²) in [6.45, 7) is 1.25. The molecule has 27 heavy (non-hydrogen) atoms. The average molecular weight is 366 g/mol. The molecule has 2 N–H and O–H groups in total. The zero-order valence-corrected chi connectivity index (χ0v) is 14.8. The summed E-state index contributed by atoms with van der Waals surface area (Å²) < 4.78 is 26.4. The van der Waals surface area contributed by atoms with Gasteiger partial charge in [0.25, 0.3) is 0 Å². The van der Waals surface area contributed by atoms with Crippen molar-refractivity contribution in [3.63, 3.8) is 0 Å². The van der Waals surface area contributed by atoms with Crippen LogP contribution in [0.2, 0.25) is 0 Å². The lowest BCUT2D eigenvalue weighted by atomic mass is 9.95. The number of aromatic nitrogens is 1. The molecule has 0 unspecified atom stereocenters. The summed E-state index contributed by atoms with van der Waals surface area (Å²) in [7, 11) is 0. The molecule has 1 aromatic heterocycles. The number of hydrogen-bond donors (Lipinski definition) is 2. The first-order valence-corrected chi connectivity index (χ1v) is 8.96. The van der Waals surface area contributed by atoms with E-state index in [9.17, 15) is 13.9 Å². The fourth-order valence-corrected chi connectivity index (χ4v) is 3.40. The summed E-state index contributed by atoms with van der Waals surface area (Å²) in [5, 5.41) is 13.1. The van der Waals surface area contributed by atoms with Crippen LogP contribution in [-0.2, 0) is 12.0 Å². The smallest absolute Gasteiger partial charge is 0.159 e. The van der Waals surface area contributed by atoms with Crippen molar-refractivity contribution in [1.82, 2.24) is 10.3 Å². The zero-order valence-electron chi connectivity index (χ0n) is 14.8. The van der Waals surface area contributed by atoms with Crippen LogP contribution in [0.4, 0.5) is 8.78 Å². The molecule has 1 heterocycles. The highest BCUT2D eigenvalue weighted by molar-refractivity contribution is 5.62. The van der Waals surface area contributed by atoms with E-state index in [-0.39, 0.29) is 11.2 Å². The summed E-state index contributed by atoms with van der Waals surface area (Å²) in [6.07, 6.45) is 3.94. The Hall–Kier alpha value is -2.79. The van der Waals surface area contributed by atoms with Crippen molar-refractivity contribution < 1.29 is 13.9 Å². The maximum absolute atomic E-state index is 13.3. The molecular weight excluding hydrogens is 346 g/mol. The standard InChI is InChI=1S/C22H20F2N2O/c23-19-5-4-15(10-20(19)24)13-25-14-22(7-8-22)17-6-9-26-21(12-17)16-2-1-3-18(27)11-16/h1-6,9-12,25,27H,7-8,13-14H2. The Kier molecular flexibility index (Phi) is 4.62. The van der Waals surface area contributed by atoms with E-state index in [1.54, 1.807) is 30.5 Å². The number of benzene rings is 2. The third kappa shape index (κ3) is 3.83. The lowest BCUT2D eigenvalue weighted by molar-refractivity contribution is 0.475. The van der Waals surface area contributed by atoms with Crippen LogP contribution in [0.25, 0.3) is 11.3 Å². The largest absolute Gasteiger partial charge is 0.508 e. The van der Waals surface area contributed by atoms with Crippen LogP contribution in [0.5, 0.6) is 5.75 Å². The first-order valence-electron chi connectivity index (χ1n) is 8.96. The summed E-state index contributed by atoms with van der Waals surface area (Å²) >= 11 is 0. The predicted molar refractivity (Wildman–Crippen MR) is 100 cm³/mol. The van der Waals surface area contributed by atoms with E-state index >= 15 is 0 Å². The number of halogens is 2. The fraction of sp³-hybridized carbons (Fsp3) is 0.227. The van der Waals surface area contributed by atoms with Crippen LogP contribution in [0, 0.1) is 11.6 Å². The molecule has 0 amide bonds. The molecule has 3 nitrogen and oxygen atoms in total. The number of rotatable bonds is 6. The molecule has 5 heteroatoms. The Morgan fingerprint density at radius 3 is 2.59 bits per heavy atom. The molecular formula is C22H20F2N2O. The Labute approximate surface area is 156 Å². The van der Waals surface area contributed by atoms with Gasteiger partial charge in [-0.15, -0.1) is 0 Å². The first kappa shape index (κ1) is 17.6. The fourth-order valence-electron chi connectivity index (χ4n) is 3.40. The molecule has 1 aliphatic rings. The minimum Gasteiger partial charge on any atom is -0.508 e. The van der Waals surface area contributed by atoms with Gasteiger partial charge in [0.05, 0.1) is 5.69 Å². The molecule has 0 spiro atoms. The quantitative estimate of drug-likeness (QED) is 0.673. The number of hydrogen-bond acceptors (Lipinski definition) is 3. The van der Waals surface area contributed by atoms with Gasteiger partial charge in [0.1, 0.15) is 5.75 Å². The molecule has 4 rings (SSSR count). The Morgan fingerprint density at radius 1 is 1.00 bits per heavy atom. The number of phenols is 1. The van der Waals surface area contributed by atoms with E-state index in [1.165, 1.54) is 11.6 Å². The maximum Gasteiger partial charge on any atom is 0.159 e. The van der Waals surface area contributed by atoms with E-state index in [4.69, 9.17) is 0 Å². The second-order valence-corrected chi connectivity index (χ2v) is 7.11. The van der Waals surface area contributed by atoms with Crippen molar-refractivity contribution in [2.45, 2.75) is 24.8 Å². The van der Waals surface area contributed by atoms with Crippen LogP contribution >= 0.6 is 0 Å². The van der Waals surface area contributed by atoms with Crippen molar-refractivity contribution in [3.8, 4) is 17.0 Å². The minimum absolute atomic E-state index is 0.0487. The van der Waals surface area contributed by atoms with Crippen molar-refractivity contribution in [1.29, 1.82) is 0 Å². The van der Waals surface area contributed by atoms with Crippen molar-refractivity contribution in [2.75, 3.05) is 6.54 Å². The molecule has 0 aliphatic heterocycles. The van der Waals surface area contributed by atoms with Gasteiger partial charge in [0, 0.05) is 30.3 Å². The van der Waals surface area contributed by atoms with Gasteiger partial charge in [-0.3, -0.25) is 4.98 Å². The van der Waals surface area contributed by atoms with Gasteiger partial charge in [-0.05, 0) is 60.4 Å². The van der Waals surface area contributed by atoms with Gasteiger partial charge in [-0.2, -0.15) is 0 Å². The molecule has 138 valence electrons. The molecule has 0 radical (unpaired) electrons. The lowest BCUT2D eigenvalue weighted by Gasteiger charge is -2.17. The zero-order chi connectivity index (χ0) is 18.9. The van der Waals surface area contributed by atoms with Gasteiger partial charge >= 0.3 is 0 Å². The molecule has 0 saturated heterocycles. The molecule has 3 aromatic rings. The third-order valence-electron chi connectivity index (χ3n) is 5.14. The predicted octanol–water partition coefficient (Wildman–Crippen LogP) is 4.55. The minimum atomic E-state index is -0.825. The highest BCUT2D eigenvalue weighted by atomic mass is 19.2. The first-order chi connectivity index (χ1) is 13.1. The van der Waals surface area contributed by atoms with Crippen molar-refractivity contribution in [2.24, 2.45) is 0 Å². The molecule has 1 fully saturated rings. The highest BCUT2D eigenvalue weighted by Crippen LogP contribution is 2.48. The second-order valence-electron chi connectivity index (χ2n) is 7.11. The second kappa shape index (κ2) is 7.08. The molecule has 1 aliphatic carbocycles. The number of nitrogens with one attached hydrogen (secondary N) is 1. The molecule has 1 saturated carbocycles. The van der Waals surface area contributed by atoms with Crippen LogP contribution in [-0.4, -0.2) is 16.6 Å². The van der Waals surface area contributed by atoms with Gasteiger partial charge in [-0.1, -0.05) is 18.2 Å². The lowest BCUT2D eigenvalue weighted by Crippen LogP contribution is -2.26. The normalized spacial score (nSPS) is 14.9. The van der Waals surface area contributed by atoms with E-state index in [2.05, 4.69) is 16.4 Å². The van der Waals surface area contributed by atoms with Gasteiger partial charge in [0.2, 0.25) is 0 Å². The van der Waals surface area contributed by atoms with E-state index in [1.807, 2.05) is 12.1 Å². The van der Waals surface area contributed by atoms with Crippen molar-refractivity contribution >= 4 is 0 Å². The monoisotopic (exact) mass is 366 g/mol. The third-order valence-corrected chi connectivity index (χ3v) is 5.14. The number of pyridine rings is 1. The van der Waals surface area contributed by atoms with Gasteiger partial charge in [0.15, 0.2) is 11.6 Å². The topological polar surface area (TPSA) is 45.1 Å². The summed E-state index contributed by atoms with van der Waals surface area (Å²) in [4.78, 5) is 4.43. The van der Waals surface area contributed by atoms with Crippen LogP contribution in [0.1, 0.15) is 24.0 Å². The maximum atomic E-state index is 13.3. The summed E-state index contributed by atoms with van der Waals surface area (Å²) in [5.74, 6) is -1.43. The Balaban J connectivity index is 1.46. The number of nitrogens with zero attached hydrogens (tertiary/aromatic N) is 1. The van der Waals surface area contributed by atoms with Crippen LogP contribution in [0.15, 0.2) is 60.8 Å².